The van der Waals surface area contributed by atoms with Gasteiger partial charge >= 0.3 is 0 Å². The van der Waals surface area contributed by atoms with Gasteiger partial charge in [-0.05, 0) is 13.3 Å². The molecule has 1 aromatic heterocycles. The fourth-order valence-electron chi connectivity index (χ4n) is 1.34. The van der Waals surface area contributed by atoms with Gasteiger partial charge < -0.3 is 10.6 Å². The Morgan fingerprint density at radius 1 is 1.59 bits per heavy atom. The molecule has 1 amide bonds. The molecule has 0 aliphatic rings. The summed E-state index contributed by atoms with van der Waals surface area (Å²) < 4.78 is 1.66. The Morgan fingerprint density at radius 2 is 2.35 bits per heavy atom. The van der Waals surface area contributed by atoms with Crippen LogP contribution in [0.1, 0.15) is 32.4 Å². The molecule has 2 N–H and O–H groups in total. The van der Waals surface area contributed by atoms with Crippen molar-refractivity contribution >= 4 is 5.91 Å². The molecule has 0 aromatic carbocycles. The third-order valence-corrected chi connectivity index (χ3v) is 2.50. The van der Waals surface area contributed by atoms with Crippen molar-refractivity contribution in [1.82, 2.24) is 25.6 Å². The topological polar surface area (TPSA) is 71.8 Å². The molecule has 1 unspecified atom stereocenters. The van der Waals surface area contributed by atoms with Crippen LogP contribution < -0.4 is 10.6 Å². The number of carbonyl (C=O) groups excluding carboxylic acids is 1. The second-order valence-electron chi connectivity index (χ2n) is 4.19. The van der Waals surface area contributed by atoms with Crippen LogP contribution >= 0.6 is 0 Å². The Hall–Kier alpha value is -1.43. The lowest BCUT2D eigenvalue weighted by Gasteiger charge is -2.11. The summed E-state index contributed by atoms with van der Waals surface area (Å²) in [6, 6.07) is 0.252. The number of rotatable bonds is 7. The van der Waals surface area contributed by atoms with Crippen molar-refractivity contribution < 1.29 is 4.79 Å². The lowest BCUT2D eigenvalue weighted by atomic mass is 10.2. The third kappa shape index (κ3) is 5.44. The van der Waals surface area contributed by atoms with Gasteiger partial charge in [-0.25, -0.2) is 0 Å². The average Bonchev–Trinajstić information content (AvgIpc) is 2.70. The molecule has 0 aliphatic carbocycles. The molecule has 1 heterocycles. The second kappa shape index (κ2) is 7.01. The summed E-state index contributed by atoms with van der Waals surface area (Å²) >= 11 is 0. The van der Waals surface area contributed by atoms with E-state index in [4.69, 9.17) is 0 Å². The molecule has 96 valence electrons. The summed E-state index contributed by atoms with van der Waals surface area (Å²) in [7, 11) is 1.83. The lowest BCUT2D eigenvalue weighted by molar-refractivity contribution is -0.121. The van der Waals surface area contributed by atoms with Crippen molar-refractivity contribution in [3.63, 3.8) is 0 Å². The number of hydrogen-bond acceptors (Lipinski definition) is 4. The highest BCUT2D eigenvalue weighted by molar-refractivity contribution is 5.76. The molecule has 1 rings (SSSR count). The smallest absolute Gasteiger partial charge is 0.221 e. The van der Waals surface area contributed by atoms with Crippen LogP contribution in [0.3, 0.4) is 0 Å². The van der Waals surface area contributed by atoms with E-state index in [1.54, 1.807) is 4.68 Å². The van der Waals surface area contributed by atoms with Gasteiger partial charge in [-0.1, -0.05) is 12.1 Å². The predicted molar refractivity (Wildman–Crippen MR) is 65.2 cm³/mol. The summed E-state index contributed by atoms with van der Waals surface area (Å²) in [5, 5.41) is 13.9. The van der Waals surface area contributed by atoms with Gasteiger partial charge in [-0.3, -0.25) is 9.48 Å². The highest BCUT2D eigenvalue weighted by atomic mass is 16.1. The molecule has 0 saturated heterocycles. The molecule has 6 nitrogen and oxygen atoms in total. The van der Waals surface area contributed by atoms with E-state index < -0.39 is 0 Å². The number of carbonyl (C=O) groups is 1. The van der Waals surface area contributed by atoms with E-state index in [1.165, 1.54) is 0 Å². The highest BCUT2D eigenvalue weighted by Crippen LogP contribution is 1.91. The van der Waals surface area contributed by atoms with Crippen LogP contribution in [0.2, 0.25) is 0 Å². The van der Waals surface area contributed by atoms with Gasteiger partial charge in [0.15, 0.2) is 0 Å². The Morgan fingerprint density at radius 3 is 2.94 bits per heavy atom. The normalized spacial score (nSPS) is 12.4. The molecule has 0 radical (unpaired) electrons. The third-order valence-electron chi connectivity index (χ3n) is 2.50. The number of aryl methyl sites for hydroxylation is 1. The van der Waals surface area contributed by atoms with E-state index in [9.17, 15) is 4.79 Å². The van der Waals surface area contributed by atoms with Gasteiger partial charge in [0, 0.05) is 38.8 Å². The molecule has 0 saturated carbocycles. The summed E-state index contributed by atoms with van der Waals surface area (Å²) in [5.41, 5.74) is 0.884. The van der Waals surface area contributed by atoms with E-state index >= 15 is 0 Å². The first-order chi connectivity index (χ1) is 8.11. The van der Waals surface area contributed by atoms with Gasteiger partial charge in [0.2, 0.25) is 5.91 Å². The van der Waals surface area contributed by atoms with E-state index in [2.05, 4.69) is 27.9 Å². The number of nitrogens with one attached hydrogen (secondary N) is 2. The van der Waals surface area contributed by atoms with Crippen LogP contribution in [0.15, 0.2) is 6.20 Å². The van der Waals surface area contributed by atoms with Crippen molar-refractivity contribution in [1.29, 1.82) is 0 Å². The van der Waals surface area contributed by atoms with Gasteiger partial charge in [0.05, 0.1) is 5.69 Å². The Labute approximate surface area is 102 Å². The van der Waals surface area contributed by atoms with Crippen LogP contribution in [0.5, 0.6) is 0 Å². The molecule has 0 spiro atoms. The van der Waals surface area contributed by atoms with Crippen LogP contribution in [-0.2, 0) is 18.4 Å². The van der Waals surface area contributed by atoms with Crippen LogP contribution in [0.25, 0.3) is 0 Å². The zero-order valence-electron chi connectivity index (χ0n) is 10.7. The molecule has 17 heavy (non-hydrogen) atoms. The maximum Gasteiger partial charge on any atom is 0.221 e. The first kappa shape index (κ1) is 13.6. The molecule has 0 aliphatic heterocycles. The Balaban J connectivity index is 2.10. The number of nitrogens with zero attached hydrogens (tertiary/aromatic N) is 3. The van der Waals surface area contributed by atoms with Gasteiger partial charge in [-0.2, -0.15) is 0 Å². The van der Waals surface area contributed by atoms with Crippen molar-refractivity contribution in [3.05, 3.63) is 11.9 Å². The fraction of sp³-hybridized carbons (Fsp3) is 0.727. The minimum Gasteiger partial charge on any atom is -0.354 e. The van der Waals surface area contributed by atoms with Crippen LogP contribution in [0.4, 0.5) is 0 Å². The maximum atomic E-state index is 11.4. The zero-order chi connectivity index (χ0) is 12.7. The van der Waals surface area contributed by atoms with E-state index in [0.29, 0.717) is 19.5 Å². The van der Waals surface area contributed by atoms with Crippen molar-refractivity contribution in [3.8, 4) is 0 Å². The molecule has 1 aromatic rings. The van der Waals surface area contributed by atoms with E-state index in [0.717, 1.165) is 12.1 Å². The first-order valence-electron chi connectivity index (χ1n) is 5.97. The highest BCUT2D eigenvalue weighted by Gasteiger charge is 2.04. The first-order valence-corrected chi connectivity index (χ1v) is 5.97. The molecule has 0 fully saturated rings. The van der Waals surface area contributed by atoms with Crippen molar-refractivity contribution in [2.24, 2.45) is 7.05 Å². The maximum absolute atomic E-state index is 11.4. The van der Waals surface area contributed by atoms with Gasteiger partial charge in [-0.15, -0.1) is 5.10 Å². The summed E-state index contributed by atoms with van der Waals surface area (Å²) in [5.74, 6) is 0.0889. The fourth-order valence-corrected chi connectivity index (χ4v) is 1.34. The standard InChI is InChI=1S/C11H21N5O/c1-4-9(2)13-11(17)5-6-12-7-10-8-16(3)15-14-10/h8-9,12H,4-7H2,1-3H3,(H,13,17). The van der Waals surface area contributed by atoms with E-state index in [1.807, 2.05) is 20.2 Å². The minimum absolute atomic E-state index is 0.0889. The average molecular weight is 239 g/mol. The number of aromatic nitrogens is 3. The molecular weight excluding hydrogens is 218 g/mol. The van der Waals surface area contributed by atoms with Crippen molar-refractivity contribution in [2.45, 2.75) is 39.3 Å². The Kier molecular flexibility index (Phi) is 5.62. The molecule has 1 atom stereocenters. The number of hydrogen-bond donors (Lipinski definition) is 2. The van der Waals surface area contributed by atoms with Gasteiger partial charge in [0.25, 0.3) is 0 Å². The Bertz CT molecular complexity index is 349. The van der Waals surface area contributed by atoms with Crippen molar-refractivity contribution in [2.75, 3.05) is 6.54 Å². The summed E-state index contributed by atoms with van der Waals surface area (Å²) in [6.07, 6.45) is 3.30. The predicted octanol–water partition coefficient (Wildman–Crippen LogP) is 0.210. The number of amides is 1. The molecular formula is C11H21N5O. The minimum atomic E-state index is 0.0889. The summed E-state index contributed by atoms with van der Waals surface area (Å²) in [4.78, 5) is 11.4. The second-order valence-corrected chi connectivity index (χ2v) is 4.19. The van der Waals surface area contributed by atoms with Crippen LogP contribution in [-0.4, -0.2) is 33.5 Å². The zero-order valence-corrected chi connectivity index (χ0v) is 10.7. The van der Waals surface area contributed by atoms with E-state index in [-0.39, 0.29) is 11.9 Å². The summed E-state index contributed by atoms with van der Waals surface area (Å²) in [6.45, 7) is 5.35. The van der Waals surface area contributed by atoms with Crippen LogP contribution in [0, 0.1) is 0 Å². The molecule has 6 heteroatoms. The molecule has 0 bridgehead atoms. The largest absolute Gasteiger partial charge is 0.354 e. The quantitative estimate of drug-likeness (QED) is 0.667. The monoisotopic (exact) mass is 239 g/mol. The lowest BCUT2D eigenvalue weighted by Crippen LogP contribution is -2.33. The SMILES string of the molecule is CCC(C)NC(=O)CCNCc1cn(C)nn1. The van der Waals surface area contributed by atoms with Gasteiger partial charge in [0.1, 0.15) is 0 Å².